The lowest BCUT2D eigenvalue weighted by atomic mass is 9.85. The molecule has 0 radical (unpaired) electrons. The van der Waals surface area contributed by atoms with Crippen LogP contribution in [0.5, 0.6) is 5.75 Å². The van der Waals surface area contributed by atoms with Crippen molar-refractivity contribution in [3.63, 3.8) is 0 Å². The summed E-state index contributed by atoms with van der Waals surface area (Å²) in [6, 6.07) is 6.35. The molecule has 0 spiro atoms. The van der Waals surface area contributed by atoms with Gasteiger partial charge in [0.25, 0.3) is 17.4 Å². The lowest BCUT2D eigenvalue weighted by Crippen LogP contribution is -2.44. The first-order chi connectivity index (χ1) is 18.1. The number of alkyl halides is 3. The van der Waals surface area contributed by atoms with Crippen LogP contribution in [0.3, 0.4) is 0 Å². The fourth-order valence-electron chi connectivity index (χ4n) is 5.30. The Morgan fingerprint density at radius 1 is 1.16 bits per heavy atom. The number of aromatic nitrogens is 2. The Balaban J connectivity index is 1.52. The molecule has 2 aliphatic heterocycles. The molecule has 0 N–H and O–H groups in total. The zero-order chi connectivity index (χ0) is 27.1. The van der Waals surface area contributed by atoms with E-state index in [-0.39, 0.29) is 44.3 Å². The van der Waals surface area contributed by atoms with Crippen molar-refractivity contribution in [1.82, 2.24) is 14.9 Å². The van der Waals surface area contributed by atoms with E-state index in [9.17, 15) is 21.6 Å². The first-order valence-electron chi connectivity index (χ1n) is 12.2. The number of anilines is 1. The van der Waals surface area contributed by atoms with Crippen molar-refractivity contribution in [2.24, 2.45) is 5.92 Å². The van der Waals surface area contributed by atoms with E-state index in [1.54, 1.807) is 36.6 Å². The Hall–Kier alpha value is -2.71. The molecule has 14 heteroatoms. The number of fused-ring (bicyclic) bond motifs is 1. The lowest BCUT2D eigenvalue weighted by Gasteiger charge is -2.45. The maximum Gasteiger partial charge on any atom is 0.391 e. The van der Waals surface area contributed by atoms with Crippen molar-refractivity contribution in [3.05, 3.63) is 65.2 Å². The average Bonchev–Trinajstić information content (AvgIpc) is 3.42. The number of rotatable bonds is 6. The highest BCUT2D eigenvalue weighted by Gasteiger charge is 2.47. The Bertz CT molecular complexity index is 1380. The number of ether oxygens (including phenoxy) is 1. The van der Waals surface area contributed by atoms with E-state index in [0.717, 1.165) is 21.6 Å². The van der Waals surface area contributed by atoms with Gasteiger partial charge in [0.1, 0.15) is 16.5 Å². The van der Waals surface area contributed by atoms with Gasteiger partial charge in [-0.1, -0.05) is 12.9 Å². The summed E-state index contributed by atoms with van der Waals surface area (Å²) >= 11 is 1.12. The molecular formula is C24H25BF4N4O3S2. The van der Waals surface area contributed by atoms with Crippen LogP contribution in [0, 0.1) is 11.7 Å². The van der Waals surface area contributed by atoms with Crippen molar-refractivity contribution in [1.29, 1.82) is 0 Å². The van der Waals surface area contributed by atoms with Crippen molar-refractivity contribution < 1.29 is 30.7 Å². The van der Waals surface area contributed by atoms with Crippen LogP contribution >= 0.6 is 11.3 Å². The van der Waals surface area contributed by atoms with E-state index in [4.69, 9.17) is 4.74 Å². The predicted molar refractivity (Wildman–Crippen MR) is 137 cm³/mol. The molecule has 5 rings (SSSR count). The van der Waals surface area contributed by atoms with Crippen molar-refractivity contribution in [3.8, 4) is 5.75 Å². The van der Waals surface area contributed by atoms with E-state index in [1.165, 1.54) is 12.3 Å². The molecule has 1 fully saturated rings. The minimum absolute atomic E-state index is 0.0513. The number of piperidine rings is 1. The Morgan fingerprint density at radius 2 is 1.97 bits per heavy atom. The second-order valence-corrected chi connectivity index (χ2v) is 11.9. The van der Waals surface area contributed by atoms with Gasteiger partial charge >= 0.3 is 6.18 Å². The first kappa shape index (κ1) is 26.9. The molecule has 0 saturated carbocycles. The van der Waals surface area contributed by atoms with Crippen LogP contribution in [0.25, 0.3) is 0 Å². The molecule has 2 aliphatic rings. The van der Waals surface area contributed by atoms with Gasteiger partial charge in [0.2, 0.25) is 0 Å². The number of thiazole rings is 1. The van der Waals surface area contributed by atoms with Gasteiger partial charge in [-0.25, -0.2) is 17.8 Å². The van der Waals surface area contributed by atoms with Gasteiger partial charge in [0.05, 0.1) is 24.3 Å². The van der Waals surface area contributed by atoms with E-state index < -0.39 is 44.9 Å². The smallest absolute Gasteiger partial charge is 0.391 e. The second-order valence-electron chi connectivity index (χ2n) is 9.23. The number of likely N-dealkylation sites (tertiary alicyclic amines) is 1. The van der Waals surface area contributed by atoms with Crippen LogP contribution in [0.1, 0.15) is 42.6 Å². The van der Waals surface area contributed by atoms with Crippen LogP contribution in [0.2, 0.25) is 6.82 Å². The molecule has 3 atom stereocenters. The Morgan fingerprint density at radius 3 is 2.63 bits per heavy atom. The fourth-order valence-corrected chi connectivity index (χ4v) is 7.72. The molecule has 202 valence electrons. The van der Waals surface area contributed by atoms with Crippen molar-refractivity contribution in [2.75, 3.05) is 17.4 Å². The maximum atomic E-state index is 15.5. The summed E-state index contributed by atoms with van der Waals surface area (Å²) in [6.45, 7) is 1.97. The minimum Gasteiger partial charge on any atom is -0.493 e. The van der Waals surface area contributed by atoms with Gasteiger partial charge in [-0.05, 0) is 31.0 Å². The fraction of sp³-hybridized carbons (Fsp3) is 0.417. The van der Waals surface area contributed by atoms with Crippen LogP contribution in [-0.4, -0.2) is 50.0 Å². The normalized spacial score (nSPS) is 22.4. The summed E-state index contributed by atoms with van der Waals surface area (Å²) in [5, 5.41) is 1.85. The summed E-state index contributed by atoms with van der Waals surface area (Å²) in [6.07, 6.45) is -1.16. The molecule has 0 amide bonds. The highest BCUT2D eigenvalue weighted by Crippen LogP contribution is 2.48. The standard InChI is InChI=1S/C24H25BF4N4O3S2/c1-25-33(23-31-8-11-37-23)38(34,35)22-14-21-16(13-17(22)26)19(6-10-36-21)32-9-5-15(24(27,28)29)12-20(32)18-4-2-3-7-30-18/h2-4,7-8,11,13-15,19-20,25H,5-6,9-10,12H2,1H3/t15-,19+,20+/m1/s1. The number of sulfonamides is 1. The molecular weight excluding hydrogens is 543 g/mol. The van der Waals surface area contributed by atoms with Gasteiger partial charge in [-0.15, -0.1) is 11.3 Å². The van der Waals surface area contributed by atoms with E-state index in [1.807, 2.05) is 4.90 Å². The molecule has 0 unspecified atom stereocenters. The van der Waals surface area contributed by atoms with Crippen LogP contribution in [0.15, 0.2) is 53.0 Å². The minimum atomic E-state index is -4.33. The zero-order valence-electron chi connectivity index (χ0n) is 20.4. The summed E-state index contributed by atoms with van der Waals surface area (Å²) in [5.74, 6) is -2.22. The van der Waals surface area contributed by atoms with Crippen molar-refractivity contribution >= 4 is 33.9 Å². The SMILES string of the molecule is CBN(c1nccs1)S(=O)(=O)c1cc2c(cc1F)[C@@H](N1CC[C@@H](C(F)(F)F)C[C@H]1c1ccccn1)CCO2. The number of hydrogen-bond donors (Lipinski definition) is 0. The molecule has 1 aromatic carbocycles. The Labute approximate surface area is 222 Å². The number of hydrogen-bond acceptors (Lipinski definition) is 7. The molecule has 0 aliphatic carbocycles. The summed E-state index contributed by atoms with van der Waals surface area (Å²) in [5.41, 5.74) is 0.924. The monoisotopic (exact) mass is 568 g/mol. The van der Waals surface area contributed by atoms with E-state index in [0.29, 0.717) is 17.7 Å². The number of pyridine rings is 1. The van der Waals surface area contributed by atoms with E-state index >= 15 is 4.39 Å². The number of benzene rings is 1. The first-order valence-corrected chi connectivity index (χ1v) is 14.5. The number of halogens is 4. The van der Waals surface area contributed by atoms with Crippen LogP contribution < -0.4 is 8.95 Å². The van der Waals surface area contributed by atoms with Crippen LogP contribution in [0.4, 0.5) is 22.7 Å². The summed E-state index contributed by atoms with van der Waals surface area (Å²) in [7, 11) is -4.23. The average molecular weight is 568 g/mol. The number of nitrogens with zero attached hydrogens (tertiary/aromatic N) is 4. The van der Waals surface area contributed by atoms with Crippen molar-refractivity contribution in [2.45, 2.75) is 49.2 Å². The summed E-state index contributed by atoms with van der Waals surface area (Å²) in [4.78, 5) is 9.77. The second kappa shape index (κ2) is 10.5. The van der Waals surface area contributed by atoms with Crippen LogP contribution in [-0.2, 0) is 10.0 Å². The van der Waals surface area contributed by atoms with Gasteiger partial charge in [0.15, 0.2) is 5.13 Å². The third-order valence-electron chi connectivity index (χ3n) is 7.10. The van der Waals surface area contributed by atoms with Gasteiger partial charge < -0.3 is 4.74 Å². The molecule has 2 aromatic heterocycles. The topological polar surface area (TPSA) is 75.6 Å². The van der Waals surface area contributed by atoms with Gasteiger partial charge in [0, 0.05) is 48.4 Å². The van der Waals surface area contributed by atoms with Gasteiger partial charge in [-0.3, -0.25) is 14.1 Å². The lowest BCUT2D eigenvalue weighted by molar-refractivity contribution is -0.192. The maximum absolute atomic E-state index is 15.5. The highest BCUT2D eigenvalue weighted by molar-refractivity contribution is 7.94. The molecule has 0 bridgehead atoms. The summed E-state index contributed by atoms with van der Waals surface area (Å²) < 4.78 is 90.1. The van der Waals surface area contributed by atoms with Gasteiger partial charge in [-0.2, -0.15) is 13.2 Å². The largest absolute Gasteiger partial charge is 0.493 e. The third-order valence-corrected chi connectivity index (χ3v) is 9.89. The molecule has 1 saturated heterocycles. The highest BCUT2D eigenvalue weighted by atomic mass is 32.2. The Kier molecular flexibility index (Phi) is 7.40. The predicted octanol–water partition coefficient (Wildman–Crippen LogP) is 5.11. The quantitative estimate of drug-likeness (QED) is 0.304. The molecule has 4 heterocycles. The third kappa shape index (κ3) is 5.01. The zero-order valence-corrected chi connectivity index (χ0v) is 22.1. The molecule has 3 aromatic rings. The molecule has 7 nitrogen and oxygen atoms in total. The van der Waals surface area contributed by atoms with E-state index in [2.05, 4.69) is 9.97 Å². The molecule has 38 heavy (non-hydrogen) atoms.